The molecular weight excluding hydrogens is 671 g/mol. The smallest absolute Gasteiger partial charge is 0.0468 e. The van der Waals surface area contributed by atoms with E-state index < -0.39 is 0 Å². The second kappa shape index (κ2) is 12.4. The fourth-order valence-electron chi connectivity index (χ4n) is 8.37. The zero-order chi connectivity index (χ0) is 35.6. The molecular formula is C52H33NS. The molecule has 10 aromatic carbocycles. The van der Waals surface area contributed by atoms with Gasteiger partial charge in [0.25, 0.3) is 0 Å². The number of hydrogen-bond acceptors (Lipinski definition) is 2. The van der Waals surface area contributed by atoms with Crippen molar-refractivity contribution in [2.45, 2.75) is 0 Å². The molecule has 0 spiro atoms. The Morgan fingerprint density at radius 2 is 0.815 bits per heavy atom. The van der Waals surface area contributed by atoms with E-state index in [1.165, 1.54) is 85.5 Å². The van der Waals surface area contributed by atoms with Crippen molar-refractivity contribution in [1.29, 1.82) is 0 Å². The molecule has 0 bridgehead atoms. The summed E-state index contributed by atoms with van der Waals surface area (Å²) in [5.74, 6) is 0. The Bertz CT molecular complexity index is 3190. The van der Waals surface area contributed by atoms with Crippen molar-refractivity contribution in [1.82, 2.24) is 0 Å². The maximum absolute atomic E-state index is 2.39. The van der Waals surface area contributed by atoms with Crippen LogP contribution in [0.4, 0.5) is 17.1 Å². The van der Waals surface area contributed by atoms with Gasteiger partial charge in [0.15, 0.2) is 0 Å². The lowest BCUT2D eigenvalue weighted by atomic mass is 9.94. The molecule has 0 N–H and O–H groups in total. The Balaban J connectivity index is 1.03. The SMILES string of the molecule is c1ccc(-c2ccc(N(c3ccc(-c4ccc5c(ccc6ccc7ccccc7c65)c4)cc3)c3ccc4ccc5sc6ccccc6c5c4c3)cc2)cc1. The highest BCUT2D eigenvalue weighted by Crippen LogP contribution is 2.43. The molecule has 0 aliphatic heterocycles. The lowest BCUT2D eigenvalue weighted by Gasteiger charge is -2.26. The Hall–Kier alpha value is -6.74. The molecule has 1 nitrogen and oxygen atoms in total. The van der Waals surface area contributed by atoms with Crippen LogP contribution < -0.4 is 4.90 Å². The molecule has 11 aromatic rings. The van der Waals surface area contributed by atoms with Crippen molar-refractivity contribution in [3.05, 3.63) is 200 Å². The fourth-order valence-corrected chi connectivity index (χ4v) is 9.49. The van der Waals surface area contributed by atoms with Crippen molar-refractivity contribution >= 4 is 91.7 Å². The zero-order valence-electron chi connectivity index (χ0n) is 29.4. The van der Waals surface area contributed by atoms with Gasteiger partial charge in [-0.3, -0.25) is 0 Å². The molecule has 2 heteroatoms. The summed E-state index contributed by atoms with van der Waals surface area (Å²) >= 11 is 1.87. The van der Waals surface area contributed by atoms with Gasteiger partial charge in [0.05, 0.1) is 0 Å². The first-order valence-electron chi connectivity index (χ1n) is 18.5. The summed E-state index contributed by atoms with van der Waals surface area (Å²) < 4.78 is 2.64. The van der Waals surface area contributed by atoms with Gasteiger partial charge in [0.2, 0.25) is 0 Å². The van der Waals surface area contributed by atoms with E-state index in [1.807, 2.05) is 11.3 Å². The first-order valence-corrected chi connectivity index (χ1v) is 19.3. The van der Waals surface area contributed by atoms with Gasteiger partial charge in [-0.15, -0.1) is 11.3 Å². The Morgan fingerprint density at radius 3 is 1.61 bits per heavy atom. The maximum Gasteiger partial charge on any atom is 0.0468 e. The van der Waals surface area contributed by atoms with E-state index in [1.54, 1.807) is 0 Å². The van der Waals surface area contributed by atoms with Crippen LogP contribution in [-0.2, 0) is 0 Å². The van der Waals surface area contributed by atoms with Gasteiger partial charge >= 0.3 is 0 Å². The van der Waals surface area contributed by atoms with Crippen molar-refractivity contribution < 1.29 is 0 Å². The van der Waals surface area contributed by atoms with Crippen LogP contribution in [0.25, 0.3) is 85.5 Å². The van der Waals surface area contributed by atoms with Gasteiger partial charge in [-0.2, -0.15) is 0 Å². The standard InChI is InChI=1S/C52H33NS/c1-2-8-34(9-3-1)35-18-25-42(26-19-35)53(44-29-22-38-24-31-50-52(48(38)33-44)47-12-6-7-13-49(47)54-50)43-27-20-36(21-28-43)40-23-30-46-41(32-40)17-16-39-15-14-37-10-4-5-11-45(37)51(39)46/h1-33H. The summed E-state index contributed by atoms with van der Waals surface area (Å²) in [6.07, 6.45) is 0. The molecule has 0 unspecified atom stereocenters. The second-order valence-electron chi connectivity index (χ2n) is 14.1. The molecule has 0 saturated heterocycles. The molecule has 0 aliphatic rings. The van der Waals surface area contributed by atoms with Crippen molar-refractivity contribution in [3.8, 4) is 22.3 Å². The Kier molecular flexibility index (Phi) is 7.11. The highest BCUT2D eigenvalue weighted by Gasteiger charge is 2.16. The van der Waals surface area contributed by atoms with Gasteiger partial charge < -0.3 is 4.90 Å². The molecule has 11 rings (SSSR count). The number of hydrogen-bond donors (Lipinski definition) is 0. The number of benzene rings is 10. The summed E-state index contributed by atoms with van der Waals surface area (Å²) in [7, 11) is 0. The van der Waals surface area contributed by atoms with Gasteiger partial charge in [0.1, 0.15) is 0 Å². The van der Waals surface area contributed by atoms with E-state index in [2.05, 4.69) is 205 Å². The number of fused-ring (bicyclic) bond motifs is 10. The van der Waals surface area contributed by atoms with Gasteiger partial charge in [-0.05, 0) is 120 Å². The van der Waals surface area contributed by atoms with Crippen LogP contribution in [0.2, 0.25) is 0 Å². The monoisotopic (exact) mass is 703 g/mol. The van der Waals surface area contributed by atoms with Crippen molar-refractivity contribution in [2.75, 3.05) is 4.90 Å². The van der Waals surface area contributed by atoms with E-state index in [0.29, 0.717) is 0 Å². The zero-order valence-corrected chi connectivity index (χ0v) is 30.2. The molecule has 0 radical (unpaired) electrons. The quantitative estimate of drug-likeness (QED) is 0.161. The minimum absolute atomic E-state index is 1.12. The van der Waals surface area contributed by atoms with Crippen molar-refractivity contribution in [3.63, 3.8) is 0 Å². The molecule has 1 heterocycles. The lowest BCUT2D eigenvalue weighted by molar-refractivity contribution is 1.29. The first kappa shape index (κ1) is 30.8. The average molecular weight is 704 g/mol. The van der Waals surface area contributed by atoms with Crippen LogP contribution in [0.5, 0.6) is 0 Å². The number of rotatable bonds is 5. The highest BCUT2D eigenvalue weighted by atomic mass is 32.1. The molecule has 0 saturated carbocycles. The molecule has 0 fully saturated rings. The number of anilines is 3. The fraction of sp³-hybridized carbons (Fsp3) is 0. The second-order valence-corrected chi connectivity index (χ2v) is 15.2. The maximum atomic E-state index is 2.39. The molecule has 1 aromatic heterocycles. The molecule has 252 valence electrons. The van der Waals surface area contributed by atoms with Gasteiger partial charge in [0, 0.05) is 37.2 Å². The summed E-state index contributed by atoms with van der Waals surface area (Å²) in [5.41, 5.74) is 8.20. The third-order valence-corrected chi connectivity index (χ3v) is 12.2. The van der Waals surface area contributed by atoms with Crippen LogP contribution >= 0.6 is 11.3 Å². The van der Waals surface area contributed by atoms with Crippen molar-refractivity contribution in [2.24, 2.45) is 0 Å². The number of thiophene rings is 1. The van der Waals surface area contributed by atoms with Crippen LogP contribution in [0.1, 0.15) is 0 Å². The molecule has 54 heavy (non-hydrogen) atoms. The van der Waals surface area contributed by atoms with E-state index in [4.69, 9.17) is 0 Å². The Labute approximate surface area is 317 Å². The van der Waals surface area contributed by atoms with E-state index in [9.17, 15) is 0 Å². The first-order chi connectivity index (χ1) is 26.7. The summed E-state index contributed by atoms with van der Waals surface area (Å²) in [5, 5.41) is 12.9. The topological polar surface area (TPSA) is 3.24 Å². The molecule has 0 atom stereocenters. The van der Waals surface area contributed by atoms with Gasteiger partial charge in [-0.25, -0.2) is 0 Å². The largest absolute Gasteiger partial charge is 0.310 e. The Morgan fingerprint density at radius 1 is 0.278 bits per heavy atom. The minimum Gasteiger partial charge on any atom is -0.310 e. The van der Waals surface area contributed by atoms with Crippen LogP contribution in [0, 0.1) is 0 Å². The van der Waals surface area contributed by atoms with Crippen LogP contribution in [0.15, 0.2) is 200 Å². The number of nitrogens with zero attached hydrogens (tertiary/aromatic N) is 1. The summed E-state index contributed by atoms with van der Waals surface area (Å²) in [6, 6.07) is 73.5. The molecule has 0 aliphatic carbocycles. The van der Waals surface area contributed by atoms with Gasteiger partial charge in [-0.1, -0.05) is 146 Å². The van der Waals surface area contributed by atoms with E-state index in [-0.39, 0.29) is 0 Å². The normalized spacial score (nSPS) is 11.7. The predicted octanol–water partition coefficient (Wildman–Crippen LogP) is 15.5. The third-order valence-electron chi connectivity index (χ3n) is 11.0. The van der Waals surface area contributed by atoms with Crippen LogP contribution in [-0.4, -0.2) is 0 Å². The van der Waals surface area contributed by atoms with Crippen LogP contribution in [0.3, 0.4) is 0 Å². The summed E-state index contributed by atoms with van der Waals surface area (Å²) in [4.78, 5) is 2.39. The lowest BCUT2D eigenvalue weighted by Crippen LogP contribution is -2.09. The van der Waals surface area contributed by atoms with E-state index >= 15 is 0 Å². The molecule has 0 amide bonds. The summed E-state index contributed by atoms with van der Waals surface area (Å²) in [6.45, 7) is 0. The predicted molar refractivity (Wildman–Crippen MR) is 235 cm³/mol. The highest BCUT2D eigenvalue weighted by molar-refractivity contribution is 7.26. The average Bonchev–Trinajstić information content (AvgIpc) is 3.63. The third kappa shape index (κ3) is 5.07. The minimum atomic E-state index is 1.12. The van der Waals surface area contributed by atoms with E-state index in [0.717, 1.165) is 17.1 Å².